The SMILES string of the molecule is CCOC(=O)N1CCNC(C(=O)O)C1. The Bertz CT molecular complexity index is 231. The smallest absolute Gasteiger partial charge is 0.409 e. The molecule has 1 aliphatic heterocycles. The summed E-state index contributed by atoms with van der Waals surface area (Å²) in [7, 11) is 0. The van der Waals surface area contributed by atoms with Gasteiger partial charge in [0, 0.05) is 13.1 Å². The van der Waals surface area contributed by atoms with E-state index in [1.807, 2.05) is 0 Å². The van der Waals surface area contributed by atoms with Gasteiger partial charge in [0.25, 0.3) is 0 Å². The van der Waals surface area contributed by atoms with Crippen LogP contribution in [0.2, 0.25) is 0 Å². The summed E-state index contributed by atoms with van der Waals surface area (Å²) in [5.74, 6) is -0.945. The fourth-order valence-electron chi connectivity index (χ4n) is 1.30. The molecule has 1 fully saturated rings. The van der Waals surface area contributed by atoms with Crippen molar-refractivity contribution in [2.24, 2.45) is 0 Å². The van der Waals surface area contributed by atoms with Gasteiger partial charge in [-0.15, -0.1) is 0 Å². The summed E-state index contributed by atoms with van der Waals surface area (Å²) in [4.78, 5) is 23.3. The number of ether oxygens (including phenoxy) is 1. The minimum absolute atomic E-state index is 0.161. The zero-order valence-corrected chi connectivity index (χ0v) is 8.02. The number of hydrogen-bond acceptors (Lipinski definition) is 4. The van der Waals surface area contributed by atoms with E-state index < -0.39 is 18.1 Å². The number of nitrogens with zero attached hydrogens (tertiary/aromatic N) is 1. The molecule has 1 atom stereocenters. The van der Waals surface area contributed by atoms with Gasteiger partial charge in [-0.2, -0.15) is 0 Å². The van der Waals surface area contributed by atoms with Gasteiger partial charge in [0.1, 0.15) is 6.04 Å². The summed E-state index contributed by atoms with van der Waals surface area (Å²) in [6.07, 6.45) is -0.444. The van der Waals surface area contributed by atoms with E-state index >= 15 is 0 Å². The van der Waals surface area contributed by atoms with E-state index in [9.17, 15) is 9.59 Å². The molecule has 1 heterocycles. The Hall–Kier alpha value is -1.30. The average molecular weight is 202 g/mol. The number of carboxylic acid groups (broad SMARTS) is 1. The van der Waals surface area contributed by atoms with Crippen LogP contribution in [-0.2, 0) is 9.53 Å². The van der Waals surface area contributed by atoms with Crippen LogP contribution in [0.1, 0.15) is 6.92 Å². The number of piperazine rings is 1. The molecular formula is C8H14N2O4. The first-order valence-electron chi connectivity index (χ1n) is 4.53. The molecule has 0 aromatic heterocycles. The molecule has 0 radical (unpaired) electrons. The largest absolute Gasteiger partial charge is 0.480 e. The second-order valence-electron chi connectivity index (χ2n) is 2.99. The lowest BCUT2D eigenvalue weighted by Crippen LogP contribution is -2.55. The predicted molar refractivity (Wildman–Crippen MR) is 48.0 cm³/mol. The zero-order valence-electron chi connectivity index (χ0n) is 8.02. The summed E-state index contributed by atoms with van der Waals surface area (Å²) in [5.41, 5.74) is 0. The average Bonchev–Trinajstić information content (AvgIpc) is 2.18. The van der Waals surface area contributed by atoms with E-state index in [2.05, 4.69) is 5.32 Å². The molecule has 2 N–H and O–H groups in total. The maximum absolute atomic E-state index is 11.2. The van der Waals surface area contributed by atoms with Crippen LogP contribution in [0.4, 0.5) is 4.79 Å². The molecule has 1 unspecified atom stereocenters. The highest BCUT2D eigenvalue weighted by molar-refractivity contribution is 5.76. The van der Waals surface area contributed by atoms with E-state index in [-0.39, 0.29) is 6.54 Å². The molecule has 0 bridgehead atoms. The van der Waals surface area contributed by atoms with Crippen LogP contribution in [0.3, 0.4) is 0 Å². The Morgan fingerprint density at radius 2 is 2.36 bits per heavy atom. The van der Waals surface area contributed by atoms with Crippen LogP contribution in [-0.4, -0.2) is 54.4 Å². The third-order valence-corrected chi connectivity index (χ3v) is 2.00. The van der Waals surface area contributed by atoms with Gasteiger partial charge >= 0.3 is 12.1 Å². The number of carboxylic acids is 1. The van der Waals surface area contributed by atoms with Crippen molar-refractivity contribution >= 4 is 12.1 Å². The number of carbonyl (C=O) groups excluding carboxylic acids is 1. The van der Waals surface area contributed by atoms with Crippen molar-refractivity contribution in [3.8, 4) is 0 Å². The lowest BCUT2D eigenvalue weighted by molar-refractivity contribution is -0.140. The third-order valence-electron chi connectivity index (χ3n) is 2.00. The lowest BCUT2D eigenvalue weighted by Gasteiger charge is -2.30. The summed E-state index contributed by atoms with van der Waals surface area (Å²) < 4.78 is 4.78. The zero-order chi connectivity index (χ0) is 10.6. The molecule has 0 spiro atoms. The summed E-state index contributed by atoms with van der Waals surface area (Å²) in [6.45, 7) is 3.15. The first-order valence-corrected chi connectivity index (χ1v) is 4.53. The number of hydrogen-bond donors (Lipinski definition) is 2. The molecule has 6 nitrogen and oxygen atoms in total. The molecule has 0 aromatic rings. The molecule has 0 aromatic carbocycles. The van der Waals surface area contributed by atoms with Crippen LogP contribution in [0.25, 0.3) is 0 Å². The molecule has 14 heavy (non-hydrogen) atoms. The van der Waals surface area contributed by atoms with Gasteiger partial charge in [-0.25, -0.2) is 4.79 Å². The Morgan fingerprint density at radius 1 is 1.64 bits per heavy atom. The van der Waals surface area contributed by atoms with Crippen molar-refractivity contribution < 1.29 is 19.4 Å². The molecule has 0 aliphatic carbocycles. The van der Waals surface area contributed by atoms with Crippen molar-refractivity contribution in [2.75, 3.05) is 26.2 Å². The summed E-state index contributed by atoms with van der Waals surface area (Å²) in [5, 5.41) is 11.5. The number of rotatable bonds is 2. The van der Waals surface area contributed by atoms with E-state index in [1.165, 1.54) is 4.90 Å². The Morgan fingerprint density at radius 3 is 2.93 bits per heavy atom. The second-order valence-corrected chi connectivity index (χ2v) is 2.99. The number of carbonyl (C=O) groups is 2. The molecule has 1 saturated heterocycles. The maximum atomic E-state index is 11.2. The third kappa shape index (κ3) is 2.59. The van der Waals surface area contributed by atoms with Crippen molar-refractivity contribution in [1.29, 1.82) is 0 Å². The van der Waals surface area contributed by atoms with Crippen molar-refractivity contribution in [1.82, 2.24) is 10.2 Å². The Kier molecular flexibility index (Phi) is 3.70. The maximum Gasteiger partial charge on any atom is 0.409 e. The van der Waals surface area contributed by atoms with Crippen LogP contribution in [0, 0.1) is 0 Å². The topological polar surface area (TPSA) is 78.9 Å². The van der Waals surface area contributed by atoms with Crippen LogP contribution in [0.5, 0.6) is 0 Å². The molecule has 1 aliphatic rings. The highest BCUT2D eigenvalue weighted by Crippen LogP contribution is 2.01. The second kappa shape index (κ2) is 4.80. The first kappa shape index (κ1) is 10.8. The van der Waals surface area contributed by atoms with Crippen molar-refractivity contribution in [3.05, 3.63) is 0 Å². The van der Waals surface area contributed by atoms with Gasteiger partial charge in [0.2, 0.25) is 0 Å². The Labute approximate surface area is 81.8 Å². The van der Waals surface area contributed by atoms with E-state index in [0.717, 1.165) is 0 Å². The summed E-state index contributed by atoms with van der Waals surface area (Å²) in [6, 6.07) is -0.687. The highest BCUT2D eigenvalue weighted by atomic mass is 16.6. The van der Waals surface area contributed by atoms with Crippen molar-refractivity contribution in [2.45, 2.75) is 13.0 Å². The van der Waals surface area contributed by atoms with E-state index in [0.29, 0.717) is 19.7 Å². The van der Waals surface area contributed by atoms with Gasteiger partial charge < -0.3 is 20.1 Å². The van der Waals surface area contributed by atoms with Crippen LogP contribution < -0.4 is 5.32 Å². The minimum Gasteiger partial charge on any atom is -0.480 e. The van der Waals surface area contributed by atoms with Gasteiger partial charge in [0.15, 0.2) is 0 Å². The molecule has 80 valence electrons. The molecule has 0 saturated carbocycles. The van der Waals surface area contributed by atoms with E-state index in [1.54, 1.807) is 6.92 Å². The van der Waals surface area contributed by atoms with Gasteiger partial charge in [-0.1, -0.05) is 0 Å². The molecular weight excluding hydrogens is 188 g/mol. The normalized spacial score (nSPS) is 21.8. The van der Waals surface area contributed by atoms with Crippen LogP contribution in [0.15, 0.2) is 0 Å². The number of aliphatic carboxylic acids is 1. The highest BCUT2D eigenvalue weighted by Gasteiger charge is 2.28. The first-order chi connectivity index (χ1) is 6.65. The van der Waals surface area contributed by atoms with E-state index in [4.69, 9.17) is 9.84 Å². The van der Waals surface area contributed by atoms with Crippen LogP contribution >= 0.6 is 0 Å². The lowest BCUT2D eigenvalue weighted by atomic mass is 10.2. The fourth-order valence-corrected chi connectivity index (χ4v) is 1.30. The van der Waals surface area contributed by atoms with Gasteiger partial charge in [-0.3, -0.25) is 4.79 Å². The summed E-state index contributed by atoms with van der Waals surface area (Å²) >= 11 is 0. The monoisotopic (exact) mass is 202 g/mol. The number of amides is 1. The van der Waals surface area contributed by atoms with Gasteiger partial charge in [0.05, 0.1) is 13.2 Å². The standard InChI is InChI=1S/C8H14N2O4/c1-2-14-8(13)10-4-3-9-6(5-10)7(11)12/h6,9H,2-5H2,1H3,(H,11,12). The molecule has 6 heteroatoms. The molecule has 1 rings (SSSR count). The Balaban J connectivity index is 2.47. The number of nitrogens with one attached hydrogen (secondary N) is 1. The fraction of sp³-hybridized carbons (Fsp3) is 0.750. The minimum atomic E-state index is -0.945. The molecule has 1 amide bonds. The predicted octanol–water partition coefficient (Wildman–Crippen LogP) is -0.499. The quantitative estimate of drug-likeness (QED) is 0.631. The van der Waals surface area contributed by atoms with Crippen molar-refractivity contribution in [3.63, 3.8) is 0 Å². The van der Waals surface area contributed by atoms with Gasteiger partial charge in [-0.05, 0) is 6.92 Å².